The van der Waals surface area contributed by atoms with Gasteiger partial charge in [-0.05, 0) is 57.2 Å². The van der Waals surface area contributed by atoms with E-state index >= 15 is 0 Å². The molecule has 0 saturated heterocycles. The minimum absolute atomic E-state index is 0.234. The van der Waals surface area contributed by atoms with E-state index in [0.29, 0.717) is 12.1 Å². The van der Waals surface area contributed by atoms with E-state index in [0.717, 1.165) is 11.7 Å². The second kappa shape index (κ2) is 7.84. The Bertz CT molecular complexity index is 412. The Balaban J connectivity index is 1.94. The van der Waals surface area contributed by atoms with Gasteiger partial charge in [-0.2, -0.15) is 0 Å². The molecule has 1 fully saturated rings. The highest BCUT2D eigenvalue weighted by Gasteiger charge is 2.21. The summed E-state index contributed by atoms with van der Waals surface area (Å²) in [6, 6.07) is 9.62. The Labute approximate surface area is 130 Å². The number of hydrogen-bond acceptors (Lipinski definition) is 2. The molecule has 3 atom stereocenters. The van der Waals surface area contributed by atoms with Crippen molar-refractivity contribution in [1.82, 2.24) is 5.32 Å². The first-order valence-corrected chi connectivity index (χ1v) is 8.59. The maximum Gasteiger partial charge on any atom is 0.119 e. The SMILES string of the molecule is CC(C)Oc1ccc(C(C)NC2CCCCCC2C)cc1. The number of nitrogens with one attached hydrogen (secondary N) is 1. The molecule has 2 heteroatoms. The van der Waals surface area contributed by atoms with Crippen LogP contribution in [0.2, 0.25) is 0 Å². The zero-order valence-corrected chi connectivity index (χ0v) is 14.1. The zero-order chi connectivity index (χ0) is 15.2. The van der Waals surface area contributed by atoms with E-state index in [2.05, 4.69) is 57.3 Å². The number of ether oxygens (including phenoxy) is 1. The van der Waals surface area contributed by atoms with Crippen molar-refractivity contribution in [2.24, 2.45) is 5.92 Å². The monoisotopic (exact) mass is 289 g/mol. The molecule has 118 valence electrons. The Morgan fingerprint density at radius 3 is 2.33 bits per heavy atom. The molecule has 1 aromatic rings. The van der Waals surface area contributed by atoms with Crippen molar-refractivity contribution in [2.45, 2.75) is 78.0 Å². The van der Waals surface area contributed by atoms with Crippen LogP contribution in [0.5, 0.6) is 5.75 Å². The third-order valence-corrected chi connectivity index (χ3v) is 4.58. The van der Waals surface area contributed by atoms with E-state index in [1.165, 1.54) is 37.7 Å². The fourth-order valence-corrected chi connectivity index (χ4v) is 3.27. The maximum absolute atomic E-state index is 5.71. The quantitative estimate of drug-likeness (QED) is 0.762. The first kappa shape index (κ1) is 16.4. The fraction of sp³-hybridized carbons (Fsp3) is 0.684. The minimum Gasteiger partial charge on any atom is -0.491 e. The highest BCUT2D eigenvalue weighted by molar-refractivity contribution is 5.29. The lowest BCUT2D eigenvalue weighted by molar-refractivity contribution is 0.242. The molecule has 2 nitrogen and oxygen atoms in total. The van der Waals surface area contributed by atoms with Crippen molar-refractivity contribution in [3.63, 3.8) is 0 Å². The van der Waals surface area contributed by atoms with Crippen molar-refractivity contribution >= 4 is 0 Å². The molecule has 0 amide bonds. The minimum atomic E-state index is 0.234. The van der Waals surface area contributed by atoms with Gasteiger partial charge in [0.2, 0.25) is 0 Å². The van der Waals surface area contributed by atoms with Crippen LogP contribution in [-0.2, 0) is 0 Å². The lowest BCUT2D eigenvalue weighted by Gasteiger charge is -2.27. The van der Waals surface area contributed by atoms with Gasteiger partial charge in [0.15, 0.2) is 0 Å². The van der Waals surface area contributed by atoms with Crippen molar-refractivity contribution in [1.29, 1.82) is 0 Å². The van der Waals surface area contributed by atoms with Crippen LogP contribution < -0.4 is 10.1 Å². The topological polar surface area (TPSA) is 21.3 Å². The van der Waals surface area contributed by atoms with E-state index < -0.39 is 0 Å². The van der Waals surface area contributed by atoms with Crippen LogP contribution in [0.1, 0.15) is 71.4 Å². The second-order valence-electron chi connectivity index (χ2n) is 6.85. The van der Waals surface area contributed by atoms with Crippen LogP contribution in [0.3, 0.4) is 0 Å². The van der Waals surface area contributed by atoms with Crippen LogP contribution in [0.4, 0.5) is 0 Å². The summed E-state index contributed by atoms with van der Waals surface area (Å²) >= 11 is 0. The molecular formula is C19H31NO. The molecule has 0 spiro atoms. The molecular weight excluding hydrogens is 258 g/mol. The van der Waals surface area contributed by atoms with E-state index in [-0.39, 0.29) is 6.10 Å². The van der Waals surface area contributed by atoms with Crippen molar-refractivity contribution in [3.8, 4) is 5.75 Å². The van der Waals surface area contributed by atoms with Crippen molar-refractivity contribution < 1.29 is 4.74 Å². The Hall–Kier alpha value is -1.02. The molecule has 0 radical (unpaired) electrons. The van der Waals surface area contributed by atoms with Crippen LogP contribution in [0, 0.1) is 5.92 Å². The highest BCUT2D eigenvalue weighted by atomic mass is 16.5. The average Bonchev–Trinajstić information content (AvgIpc) is 2.64. The third-order valence-electron chi connectivity index (χ3n) is 4.58. The molecule has 3 unspecified atom stereocenters. The summed E-state index contributed by atoms with van der Waals surface area (Å²) < 4.78 is 5.71. The van der Waals surface area contributed by atoms with Gasteiger partial charge < -0.3 is 10.1 Å². The molecule has 1 aliphatic rings. The lowest BCUT2D eigenvalue weighted by atomic mass is 9.95. The molecule has 1 aromatic carbocycles. The predicted octanol–water partition coefficient (Wildman–Crippen LogP) is 5.09. The summed E-state index contributed by atoms with van der Waals surface area (Å²) in [7, 11) is 0. The highest BCUT2D eigenvalue weighted by Crippen LogP contribution is 2.26. The predicted molar refractivity (Wildman–Crippen MR) is 89.8 cm³/mol. The van der Waals surface area contributed by atoms with Gasteiger partial charge in [-0.15, -0.1) is 0 Å². The fourth-order valence-electron chi connectivity index (χ4n) is 3.27. The summed E-state index contributed by atoms with van der Waals surface area (Å²) in [4.78, 5) is 0. The van der Waals surface area contributed by atoms with Crippen LogP contribution >= 0.6 is 0 Å². The van der Waals surface area contributed by atoms with Gasteiger partial charge in [0.1, 0.15) is 5.75 Å². The molecule has 0 aliphatic heterocycles. The van der Waals surface area contributed by atoms with E-state index in [1.54, 1.807) is 0 Å². The summed E-state index contributed by atoms with van der Waals surface area (Å²) in [5, 5.41) is 3.84. The summed E-state index contributed by atoms with van der Waals surface area (Å²) in [6.45, 7) is 8.79. The molecule has 21 heavy (non-hydrogen) atoms. The van der Waals surface area contributed by atoms with Crippen LogP contribution in [0.25, 0.3) is 0 Å². The smallest absolute Gasteiger partial charge is 0.119 e. The van der Waals surface area contributed by atoms with Gasteiger partial charge in [0, 0.05) is 12.1 Å². The van der Waals surface area contributed by atoms with E-state index in [1.807, 2.05) is 0 Å². The Morgan fingerprint density at radius 1 is 1.00 bits per heavy atom. The lowest BCUT2D eigenvalue weighted by Crippen LogP contribution is -2.36. The molecule has 0 heterocycles. The summed E-state index contributed by atoms with van der Waals surface area (Å²) in [6.07, 6.45) is 7.09. The van der Waals surface area contributed by atoms with Gasteiger partial charge >= 0.3 is 0 Å². The van der Waals surface area contributed by atoms with Crippen LogP contribution in [-0.4, -0.2) is 12.1 Å². The van der Waals surface area contributed by atoms with Gasteiger partial charge in [0.25, 0.3) is 0 Å². The third kappa shape index (κ3) is 5.03. The number of benzene rings is 1. The molecule has 1 saturated carbocycles. The first-order chi connectivity index (χ1) is 10.1. The van der Waals surface area contributed by atoms with Crippen LogP contribution in [0.15, 0.2) is 24.3 Å². The van der Waals surface area contributed by atoms with Gasteiger partial charge in [-0.3, -0.25) is 0 Å². The first-order valence-electron chi connectivity index (χ1n) is 8.59. The van der Waals surface area contributed by atoms with Gasteiger partial charge in [0.05, 0.1) is 6.10 Å². The normalized spacial score (nSPS) is 24.6. The summed E-state index contributed by atoms with van der Waals surface area (Å²) in [5.41, 5.74) is 1.35. The van der Waals surface area contributed by atoms with Gasteiger partial charge in [-0.1, -0.05) is 38.3 Å². The molecule has 0 aromatic heterocycles. The number of rotatable bonds is 5. The van der Waals surface area contributed by atoms with E-state index in [4.69, 9.17) is 4.74 Å². The molecule has 1 N–H and O–H groups in total. The Morgan fingerprint density at radius 2 is 1.67 bits per heavy atom. The molecule has 1 aliphatic carbocycles. The maximum atomic E-state index is 5.71. The van der Waals surface area contributed by atoms with E-state index in [9.17, 15) is 0 Å². The Kier molecular flexibility index (Phi) is 6.10. The standard InChI is InChI=1S/C19H31NO/c1-14(2)21-18-12-10-17(11-13-18)16(4)20-19-9-7-5-6-8-15(19)3/h10-16,19-20H,5-9H2,1-4H3. The number of hydrogen-bond donors (Lipinski definition) is 1. The molecule has 0 bridgehead atoms. The van der Waals surface area contributed by atoms with Gasteiger partial charge in [-0.25, -0.2) is 0 Å². The summed E-state index contributed by atoms with van der Waals surface area (Å²) in [5.74, 6) is 1.75. The zero-order valence-electron chi connectivity index (χ0n) is 14.1. The molecule has 2 rings (SSSR count). The van der Waals surface area contributed by atoms with Crippen molar-refractivity contribution in [2.75, 3.05) is 0 Å². The van der Waals surface area contributed by atoms with Crippen molar-refractivity contribution in [3.05, 3.63) is 29.8 Å². The largest absolute Gasteiger partial charge is 0.491 e. The second-order valence-corrected chi connectivity index (χ2v) is 6.85. The average molecular weight is 289 g/mol.